The summed E-state index contributed by atoms with van der Waals surface area (Å²) in [7, 11) is 3.53. The van der Waals surface area contributed by atoms with Gasteiger partial charge >= 0.3 is 0 Å². The number of aromatic nitrogens is 2. The summed E-state index contributed by atoms with van der Waals surface area (Å²) >= 11 is 0. The number of H-pyrrole nitrogens is 1. The molecule has 1 saturated carbocycles. The third-order valence-corrected chi connectivity index (χ3v) is 8.63. The molecule has 4 aromatic rings. The predicted octanol–water partition coefficient (Wildman–Crippen LogP) is 5.40. The summed E-state index contributed by atoms with van der Waals surface area (Å²) in [5, 5.41) is 8.86. The number of methoxy groups -OCH3 is 1. The molecular weight excluding hydrogens is 524 g/mol. The van der Waals surface area contributed by atoms with Crippen LogP contribution in [0.3, 0.4) is 0 Å². The molecule has 206 valence electrons. The minimum Gasteiger partial charge on any atom is -0.497 e. The third kappa shape index (κ3) is 4.38. The lowest BCUT2D eigenvalue weighted by Gasteiger charge is -2.26. The SMILES string of the molecule is COc1ccc2c(c1)[C@]1(C[C@H]1c1ccc3c(C=Cc4ccc(CN5CCOCC5)cc4)n[nH]c3c1)C(=O)N2C.Cl. The van der Waals surface area contributed by atoms with E-state index in [1.807, 2.05) is 25.2 Å². The molecule has 8 heteroatoms. The molecule has 1 aliphatic carbocycles. The van der Waals surface area contributed by atoms with Gasteiger partial charge in [-0.05, 0) is 59.0 Å². The van der Waals surface area contributed by atoms with Crippen molar-refractivity contribution in [3.8, 4) is 5.75 Å². The van der Waals surface area contributed by atoms with Gasteiger partial charge in [0, 0.05) is 43.7 Å². The quantitative estimate of drug-likeness (QED) is 0.344. The molecule has 40 heavy (non-hydrogen) atoms. The first-order chi connectivity index (χ1) is 19.1. The summed E-state index contributed by atoms with van der Waals surface area (Å²) in [5.41, 5.74) is 7.07. The maximum atomic E-state index is 13.4. The second-order valence-electron chi connectivity index (χ2n) is 10.9. The van der Waals surface area contributed by atoms with Crippen LogP contribution in [-0.4, -0.2) is 61.5 Å². The summed E-state index contributed by atoms with van der Waals surface area (Å²) in [6.07, 6.45) is 4.98. The molecule has 2 atom stereocenters. The van der Waals surface area contributed by atoms with Crippen LogP contribution in [0.1, 0.15) is 40.3 Å². The highest BCUT2D eigenvalue weighted by Crippen LogP contribution is 2.66. The summed E-state index contributed by atoms with van der Waals surface area (Å²) in [4.78, 5) is 17.6. The van der Waals surface area contributed by atoms with Crippen molar-refractivity contribution in [2.24, 2.45) is 0 Å². The average molecular weight is 557 g/mol. The number of benzene rings is 3. The molecule has 1 N–H and O–H groups in total. The van der Waals surface area contributed by atoms with Gasteiger partial charge in [-0.1, -0.05) is 42.5 Å². The molecule has 1 saturated heterocycles. The Morgan fingerprint density at radius 3 is 2.65 bits per heavy atom. The van der Waals surface area contributed by atoms with Crippen molar-refractivity contribution in [2.75, 3.05) is 45.4 Å². The second kappa shape index (κ2) is 10.4. The number of ether oxygens (including phenoxy) is 2. The number of likely N-dealkylation sites (N-methyl/N-ethyl adjacent to an activating group) is 1. The molecule has 7 rings (SSSR count). The average Bonchev–Trinajstić information content (AvgIpc) is 3.56. The molecule has 1 aromatic heterocycles. The minimum atomic E-state index is -0.497. The summed E-state index contributed by atoms with van der Waals surface area (Å²) < 4.78 is 10.9. The van der Waals surface area contributed by atoms with E-state index in [1.165, 1.54) is 5.56 Å². The van der Waals surface area contributed by atoms with Gasteiger partial charge in [0.2, 0.25) is 5.91 Å². The molecular formula is C32H33ClN4O3. The Morgan fingerprint density at radius 1 is 1.07 bits per heavy atom. The van der Waals surface area contributed by atoms with E-state index in [0.29, 0.717) is 0 Å². The number of hydrogen-bond donors (Lipinski definition) is 1. The Labute approximate surface area is 240 Å². The van der Waals surface area contributed by atoms with Gasteiger partial charge in [0.05, 0.1) is 36.9 Å². The first-order valence-electron chi connectivity index (χ1n) is 13.6. The Morgan fingerprint density at radius 2 is 1.88 bits per heavy atom. The van der Waals surface area contributed by atoms with E-state index in [4.69, 9.17) is 9.47 Å². The molecule has 3 heterocycles. The number of nitrogens with one attached hydrogen (secondary N) is 1. The van der Waals surface area contributed by atoms with E-state index in [2.05, 4.69) is 69.7 Å². The van der Waals surface area contributed by atoms with Gasteiger partial charge < -0.3 is 14.4 Å². The van der Waals surface area contributed by atoms with Crippen LogP contribution in [-0.2, 0) is 21.5 Å². The second-order valence-corrected chi connectivity index (χ2v) is 10.9. The molecule has 1 spiro atoms. The Hall–Kier alpha value is -3.65. The molecule has 2 aliphatic heterocycles. The monoisotopic (exact) mass is 556 g/mol. The fourth-order valence-electron chi connectivity index (χ4n) is 6.34. The van der Waals surface area contributed by atoms with E-state index >= 15 is 0 Å². The molecule has 2 fully saturated rings. The zero-order valence-corrected chi connectivity index (χ0v) is 23.5. The zero-order valence-electron chi connectivity index (χ0n) is 22.7. The van der Waals surface area contributed by atoms with Crippen molar-refractivity contribution in [2.45, 2.75) is 24.3 Å². The van der Waals surface area contributed by atoms with Crippen LogP contribution < -0.4 is 9.64 Å². The third-order valence-electron chi connectivity index (χ3n) is 8.63. The van der Waals surface area contributed by atoms with Crippen LogP contribution in [0.2, 0.25) is 0 Å². The molecule has 3 aliphatic rings. The number of carbonyl (C=O) groups excluding carboxylic acids is 1. The fraction of sp³-hybridized carbons (Fsp3) is 0.312. The number of fused-ring (bicyclic) bond motifs is 3. The minimum absolute atomic E-state index is 0. The van der Waals surface area contributed by atoms with E-state index < -0.39 is 5.41 Å². The highest BCUT2D eigenvalue weighted by molar-refractivity contribution is 6.11. The van der Waals surface area contributed by atoms with Gasteiger partial charge in [-0.3, -0.25) is 14.8 Å². The zero-order chi connectivity index (χ0) is 26.6. The number of morpholine rings is 1. The van der Waals surface area contributed by atoms with Crippen molar-refractivity contribution in [1.29, 1.82) is 0 Å². The predicted molar refractivity (Wildman–Crippen MR) is 160 cm³/mol. The van der Waals surface area contributed by atoms with E-state index in [9.17, 15) is 4.79 Å². The maximum Gasteiger partial charge on any atom is 0.238 e. The number of carbonyl (C=O) groups is 1. The van der Waals surface area contributed by atoms with Gasteiger partial charge in [-0.15, -0.1) is 12.4 Å². The van der Waals surface area contributed by atoms with Crippen molar-refractivity contribution < 1.29 is 14.3 Å². The normalized spacial score (nSPS) is 22.2. The molecule has 0 radical (unpaired) electrons. The van der Waals surface area contributed by atoms with Crippen LogP contribution in [0.25, 0.3) is 23.1 Å². The number of hydrogen-bond acceptors (Lipinski definition) is 5. The lowest BCUT2D eigenvalue weighted by Crippen LogP contribution is -2.35. The topological polar surface area (TPSA) is 70.7 Å². The number of rotatable bonds is 6. The Bertz CT molecular complexity index is 1590. The fourth-order valence-corrected chi connectivity index (χ4v) is 6.34. The Kier molecular flexibility index (Phi) is 6.90. The van der Waals surface area contributed by atoms with Gasteiger partial charge in [0.1, 0.15) is 5.75 Å². The number of amides is 1. The maximum absolute atomic E-state index is 13.4. The number of aromatic amines is 1. The molecule has 1 amide bonds. The number of halogens is 1. The van der Waals surface area contributed by atoms with Crippen LogP contribution in [0.5, 0.6) is 5.75 Å². The highest BCUT2D eigenvalue weighted by Gasteiger charge is 2.66. The molecule has 3 aromatic carbocycles. The molecule has 7 nitrogen and oxygen atoms in total. The van der Waals surface area contributed by atoms with Crippen LogP contribution >= 0.6 is 12.4 Å². The standard InChI is InChI=1S/C32H32N4O3.ClH/c1-35-30-12-9-24(38-2)18-26(30)32(31(35)37)19-27(32)23-8-10-25-28(33-34-29(25)17-23)11-7-21-3-5-22(6-4-21)20-36-13-15-39-16-14-36;/h3-12,17-18,27H,13-16,19-20H2,1-2H3,(H,33,34);1H/t27-,32-;/m0./s1. The van der Waals surface area contributed by atoms with Gasteiger partial charge in [0.25, 0.3) is 0 Å². The van der Waals surface area contributed by atoms with Gasteiger partial charge in [-0.25, -0.2) is 0 Å². The van der Waals surface area contributed by atoms with E-state index in [-0.39, 0.29) is 24.2 Å². The molecule has 0 bridgehead atoms. The summed E-state index contributed by atoms with van der Waals surface area (Å²) in [5.74, 6) is 1.09. The van der Waals surface area contributed by atoms with Crippen molar-refractivity contribution in [3.05, 3.63) is 88.6 Å². The first-order valence-corrected chi connectivity index (χ1v) is 13.6. The van der Waals surface area contributed by atoms with E-state index in [1.54, 1.807) is 12.0 Å². The van der Waals surface area contributed by atoms with Gasteiger partial charge in [-0.2, -0.15) is 5.10 Å². The smallest absolute Gasteiger partial charge is 0.238 e. The lowest BCUT2D eigenvalue weighted by atomic mass is 9.91. The largest absolute Gasteiger partial charge is 0.497 e. The number of nitrogens with zero attached hydrogens (tertiary/aromatic N) is 3. The summed E-state index contributed by atoms with van der Waals surface area (Å²) in [6, 6.07) is 21.1. The van der Waals surface area contributed by atoms with Crippen molar-refractivity contribution >= 4 is 47.1 Å². The highest BCUT2D eigenvalue weighted by atomic mass is 35.5. The van der Waals surface area contributed by atoms with Crippen LogP contribution in [0.15, 0.2) is 60.7 Å². The first kappa shape index (κ1) is 26.6. The van der Waals surface area contributed by atoms with Crippen molar-refractivity contribution in [1.82, 2.24) is 15.1 Å². The van der Waals surface area contributed by atoms with Gasteiger partial charge in [0.15, 0.2) is 0 Å². The number of anilines is 1. The summed E-state index contributed by atoms with van der Waals surface area (Å²) in [6.45, 7) is 4.59. The van der Waals surface area contributed by atoms with Crippen LogP contribution in [0.4, 0.5) is 5.69 Å². The van der Waals surface area contributed by atoms with Crippen LogP contribution in [0, 0.1) is 0 Å². The Balaban J connectivity index is 0.00000289. The van der Waals surface area contributed by atoms with E-state index in [0.717, 1.165) is 84.0 Å². The molecule has 0 unspecified atom stereocenters. The lowest BCUT2D eigenvalue weighted by molar-refractivity contribution is -0.120. The van der Waals surface area contributed by atoms with Crippen molar-refractivity contribution in [3.63, 3.8) is 0 Å².